The normalized spacial score (nSPS) is 15.0. The van der Waals surface area contributed by atoms with Gasteiger partial charge in [-0.15, -0.1) is 11.3 Å². The van der Waals surface area contributed by atoms with E-state index in [1.54, 1.807) is 22.9 Å². The van der Waals surface area contributed by atoms with Crippen molar-refractivity contribution < 1.29 is 4.79 Å². The summed E-state index contributed by atoms with van der Waals surface area (Å²) in [7, 11) is 0. The predicted octanol–water partition coefficient (Wildman–Crippen LogP) is 2.10. The zero-order valence-corrected chi connectivity index (χ0v) is 17.0. The Morgan fingerprint density at radius 1 is 1.13 bits per heavy atom. The molecule has 4 heterocycles. The number of rotatable bonds is 4. The van der Waals surface area contributed by atoms with Crippen LogP contribution in [0.15, 0.2) is 59.0 Å². The predicted molar refractivity (Wildman–Crippen MR) is 115 cm³/mol. The lowest BCUT2D eigenvalue weighted by Crippen LogP contribution is -2.48. The largest absolute Gasteiger partial charge is 0.336 e. The topological polar surface area (TPSA) is 86.6 Å². The number of carbonyl (C=O) groups excluding carboxylic acids is 1. The van der Waals surface area contributed by atoms with Crippen LogP contribution in [0.5, 0.6) is 0 Å². The molecule has 0 bridgehead atoms. The van der Waals surface area contributed by atoms with Crippen LogP contribution < -0.4 is 5.56 Å². The summed E-state index contributed by atoms with van der Waals surface area (Å²) in [5.41, 5.74) is 2.99. The van der Waals surface area contributed by atoms with E-state index in [0.29, 0.717) is 30.2 Å². The number of nitrogens with one attached hydrogen (secondary N) is 1. The fourth-order valence-electron chi connectivity index (χ4n) is 3.75. The standard InChI is InChI=1S/C21H20N6O2S/c28-18-12-16(23-21-27(18)10-11-30-21)14-25-6-8-26(9-7-25)20(29)17-13-22-24-19(17)15-4-2-1-3-5-15/h1-5,10-13H,6-9,14H2,(H,22,24). The summed E-state index contributed by atoms with van der Waals surface area (Å²) in [6, 6.07) is 11.3. The highest BCUT2D eigenvalue weighted by Crippen LogP contribution is 2.22. The molecule has 0 spiro atoms. The number of piperazine rings is 1. The first kappa shape index (κ1) is 18.7. The van der Waals surface area contributed by atoms with Crippen molar-refractivity contribution in [1.29, 1.82) is 0 Å². The molecular formula is C21H20N6O2S. The number of aromatic nitrogens is 4. The number of nitrogens with zero attached hydrogens (tertiary/aromatic N) is 5. The van der Waals surface area contributed by atoms with E-state index in [-0.39, 0.29) is 11.5 Å². The molecule has 0 saturated carbocycles. The average Bonchev–Trinajstić information content (AvgIpc) is 3.44. The number of benzene rings is 1. The maximum atomic E-state index is 13.1. The second-order valence-corrected chi connectivity index (χ2v) is 8.11. The maximum Gasteiger partial charge on any atom is 0.258 e. The second kappa shape index (κ2) is 7.85. The van der Waals surface area contributed by atoms with Gasteiger partial charge in [-0.25, -0.2) is 4.98 Å². The number of carbonyl (C=O) groups is 1. The van der Waals surface area contributed by atoms with Crippen molar-refractivity contribution in [2.45, 2.75) is 6.54 Å². The Balaban J connectivity index is 1.25. The highest BCUT2D eigenvalue weighted by Gasteiger charge is 2.25. The number of hydrogen-bond acceptors (Lipinski definition) is 6. The van der Waals surface area contributed by atoms with Crippen LogP contribution >= 0.6 is 11.3 Å². The Morgan fingerprint density at radius 3 is 2.73 bits per heavy atom. The number of amides is 1. The minimum atomic E-state index is -0.0570. The van der Waals surface area contributed by atoms with E-state index in [1.807, 2.05) is 40.6 Å². The van der Waals surface area contributed by atoms with Crippen molar-refractivity contribution >= 4 is 22.2 Å². The first-order valence-corrected chi connectivity index (χ1v) is 10.6. The third-order valence-electron chi connectivity index (χ3n) is 5.33. The molecule has 1 aliphatic rings. The van der Waals surface area contributed by atoms with Gasteiger partial charge in [0.25, 0.3) is 11.5 Å². The molecular weight excluding hydrogens is 400 g/mol. The Kier molecular flexibility index (Phi) is 4.89. The minimum absolute atomic E-state index is 0.0152. The molecule has 0 atom stereocenters. The lowest BCUT2D eigenvalue weighted by molar-refractivity contribution is 0.0628. The van der Waals surface area contributed by atoms with Gasteiger partial charge in [0.15, 0.2) is 4.96 Å². The van der Waals surface area contributed by atoms with Gasteiger partial charge in [0, 0.05) is 55.9 Å². The van der Waals surface area contributed by atoms with E-state index in [9.17, 15) is 9.59 Å². The smallest absolute Gasteiger partial charge is 0.258 e. The molecule has 1 amide bonds. The first-order chi connectivity index (χ1) is 14.7. The highest BCUT2D eigenvalue weighted by atomic mass is 32.1. The van der Waals surface area contributed by atoms with Crippen LogP contribution in [0.25, 0.3) is 16.2 Å². The van der Waals surface area contributed by atoms with Crippen LogP contribution in [0.3, 0.4) is 0 Å². The Bertz CT molecular complexity index is 1240. The van der Waals surface area contributed by atoms with Crippen LogP contribution in [-0.4, -0.2) is 61.5 Å². The van der Waals surface area contributed by atoms with Gasteiger partial charge in [-0.3, -0.25) is 24.0 Å². The lowest BCUT2D eigenvalue weighted by atomic mass is 10.1. The molecule has 9 heteroatoms. The number of aromatic amines is 1. The molecule has 30 heavy (non-hydrogen) atoms. The van der Waals surface area contributed by atoms with Gasteiger partial charge in [-0.2, -0.15) is 5.10 Å². The van der Waals surface area contributed by atoms with Gasteiger partial charge in [0.05, 0.1) is 23.1 Å². The van der Waals surface area contributed by atoms with Crippen molar-refractivity contribution in [1.82, 2.24) is 29.4 Å². The molecule has 1 saturated heterocycles. The van der Waals surface area contributed by atoms with Crippen molar-refractivity contribution in [3.63, 3.8) is 0 Å². The van der Waals surface area contributed by atoms with Gasteiger partial charge >= 0.3 is 0 Å². The second-order valence-electron chi connectivity index (χ2n) is 7.23. The Labute approximate surface area is 176 Å². The third kappa shape index (κ3) is 3.53. The molecule has 0 radical (unpaired) electrons. The minimum Gasteiger partial charge on any atom is -0.336 e. The number of fused-ring (bicyclic) bond motifs is 1. The number of H-pyrrole nitrogens is 1. The summed E-state index contributed by atoms with van der Waals surface area (Å²) in [4.78, 5) is 34.6. The molecule has 152 valence electrons. The van der Waals surface area contributed by atoms with E-state index >= 15 is 0 Å². The maximum absolute atomic E-state index is 13.1. The number of thiazole rings is 1. The fraction of sp³-hybridized carbons (Fsp3) is 0.238. The summed E-state index contributed by atoms with van der Waals surface area (Å²) in [5.74, 6) is -0.0152. The SMILES string of the molecule is O=C(c1cn[nH]c1-c1ccccc1)N1CCN(Cc2cc(=O)n3ccsc3n2)CC1. The van der Waals surface area contributed by atoms with Gasteiger partial charge in [0.1, 0.15) is 0 Å². The number of hydrogen-bond donors (Lipinski definition) is 1. The molecule has 0 aliphatic carbocycles. The Hall–Kier alpha value is -3.30. The van der Waals surface area contributed by atoms with E-state index in [0.717, 1.165) is 30.0 Å². The molecule has 1 N–H and O–H groups in total. The van der Waals surface area contributed by atoms with E-state index in [1.165, 1.54) is 11.3 Å². The van der Waals surface area contributed by atoms with Gasteiger partial charge < -0.3 is 4.90 Å². The fourth-order valence-corrected chi connectivity index (χ4v) is 4.49. The highest BCUT2D eigenvalue weighted by molar-refractivity contribution is 7.15. The monoisotopic (exact) mass is 420 g/mol. The van der Waals surface area contributed by atoms with Crippen molar-refractivity contribution in [2.75, 3.05) is 26.2 Å². The summed E-state index contributed by atoms with van der Waals surface area (Å²) in [6.07, 6.45) is 3.34. The third-order valence-corrected chi connectivity index (χ3v) is 6.09. The molecule has 0 unspecified atom stereocenters. The van der Waals surface area contributed by atoms with Crippen molar-refractivity contribution in [2.24, 2.45) is 0 Å². The molecule has 1 aliphatic heterocycles. The van der Waals surface area contributed by atoms with Crippen molar-refractivity contribution in [3.05, 3.63) is 75.8 Å². The summed E-state index contributed by atoms with van der Waals surface area (Å²) >= 11 is 1.45. The van der Waals surface area contributed by atoms with Crippen LogP contribution in [0, 0.1) is 0 Å². The van der Waals surface area contributed by atoms with Gasteiger partial charge in [0.2, 0.25) is 0 Å². The first-order valence-electron chi connectivity index (χ1n) is 9.75. The van der Waals surface area contributed by atoms with E-state index in [2.05, 4.69) is 20.1 Å². The molecule has 5 rings (SSSR count). The summed E-state index contributed by atoms with van der Waals surface area (Å²) in [6.45, 7) is 3.31. The quantitative estimate of drug-likeness (QED) is 0.546. The van der Waals surface area contributed by atoms with Crippen LogP contribution in [0.2, 0.25) is 0 Å². The van der Waals surface area contributed by atoms with Crippen LogP contribution in [-0.2, 0) is 6.54 Å². The van der Waals surface area contributed by atoms with Crippen LogP contribution in [0.4, 0.5) is 0 Å². The lowest BCUT2D eigenvalue weighted by Gasteiger charge is -2.34. The van der Waals surface area contributed by atoms with Gasteiger partial charge in [-0.05, 0) is 0 Å². The van der Waals surface area contributed by atoms with Crippen LogP contribution in [0.1, 0.15) is 16.1 Å². The molecule has 3 aromatic heterocycles. The average molecular weight is 420 g/mol. The summed E-state index contributed by atoms with van der Waals surface area (Å²) in [5, 5.41) is 8.91. The van der Waals surface area contributed by atoms with E-state index in [4.69, 9.17) is 0 Å². The van der Waals surface area contributed by atoms with E-state index < -0.39 is 0 Å². The zero-order chi connectivity index (χ0) is 20.5. The molecule has 1 fully saturated rings. The summed E-state index contributed by atoms with van der Waals surface area (Å²) < 4.78 is 1.56. The van der Waals surface area contributed by atoms with Gasteiger partial charge in [-0.1, -0.05) is 30.3 Å². The molecule has 4 aromatic rings. The molecule has 8 nitrogen and oxygen atoms in total. The Morgan fingerprint density at radius 2 is 1.93 bits per heavy atom. The van der Waals surface area contributed by atoms with Crippen molar-refractivity contribution in [3.8, 4) is 11.3 Å². The molecule has 1 aromatic carbocycles. The zero-order valence-electron chi connectivity index (χ0n) is 16.2.